The molecule has 39 heavy (non-hydrogen) atoms. The van der Waals surface area contributed by atoms with Gasteiger partial charge in [0.25, 0.3) is 0 Å². The summed E-state index contributed by atoms with van der Waals surface area (Å²) < 4.78 is 36.1. The molecule has 12 heteroatoms. The Morgan fingerprint density at radius 3 is 2.44 bits per heavy atom. The number of hydrogen-bond acceptors (Lipinski definition) is 7. The minimum atomic E-state index is -1.26. The van der Waals surface area contributed by atoms with Gasteiger partial charge in [0.05, 0.1) is 0 Å². The average molecular weight is 532 g/mol. The van der Waals surface area contributed by atoms with Crippen molar-refractivity contribution in [3.05, 3.63) is 72.0 Å². The van der Waals surface area contributed by atoms with Crippen LogP contribution in [0.25, 0.3) is 11.4 Å². The molecular formula is C27H23F2N7O3. The summed E-state index contributed by atoms with van der Waals surface area (Å²) in [6, 6.07) is 11.0. The first-order chi connectivity index (χ1) is 18.9. The van der Waals surface area contributed by atoms with E-state index in [2.05, 4.69) is 30.9 Å². The van der Waals surface area contributed by atoms with Crippen LogP contribution in [0.4, 0.5) is 26.0 Å². The molecule has 0 spiro atoms. The SMILES string of the molecule is CN=c1ncc2cc(Oc3ccc(NC(=O)C4(C(=O)Nc5ccc(F)cc5)CC4)cc3F)c3n(c-2n1)CCN3. The van der Waals surface area contributed by atoms with Crippen LogP contribution >= 0.6 is 0 Å². The number of carbonyl (C=O) groups excluding carboxylic acids is 2. The number of amides is 2. The van der Waals surface area contributed by atoms with Crippen molar-refractivity contribution in [2.24, 2.45) is 10.4 Å². The number of ether oxygens (including phenoxy) is 1. The maximum absolute atomic E-state index is 15.1. The van der Waals surface area contributed by atoms with E-state index in [1.165, 1.54) is 36.4 Å². The second-order valence-electron chi connectivity index (χ2n) is 9.35. The van der Waals surface area contributed by atoms with Crippen LogP contribution in [0.2, 0.25) is 0 Å². The van der Waals surface area contributed by atoms with Crippen molar-refractivity contribution >= 4 is 29.0 Å². The zero-order valence-corrected chi connectivity index (χ0v) is 20.8. The summed E-state index contributed by atoms with van der Waals surface area (Å²) in [6.07, 6.45) is 2.34. The number of hydrogen-bond donors (Lipinski definition) is 3. The van der Waals surface area contributed by atoms with Crippen LogP contribution in [0.15, 0.2) is 59.7 Å². The Kier molecular flexibility index (Phi) is 5.93. The summed E-state index contributed by atoms with van der Waals surface area (Å²) in [5.41, 5.74) is 0.381. The fourth-order valence-corrected chi connectivity index (χ4v) is 4.51. The van der Waals surface area contributed by atoms with E-state index in [0.717, 1.165) is 6.07 Å². The Morgan fingerprint density at radius 2 is 1.74 bits per heavy atom. The molecule has 6 rings (SSSR count). The summed E-state index contributed by atoms with van der Waals surface area (Å²) in [4.78, 5) is 38.4. The van der Waals surface area contributed by atoms with Crippen LogP contribution in [0.5, 0.6) is 11.5 Å². The molecule has 10 nitrogen and oxygen atoms in total. The quantitative estimate of drug-likeness (QED) is 0.326. The van der Waals surface area contributed by atoms with Crippen molar-refractivity contribution < 1.29 is 23.1 Å². The van der Waals surface area contributed by atoms with E-state index in [-0.39, 0.29) is 11.4 Å². The molecule has 0 atom stereocenters. The summed E-state index contributed by atoms with van der Waals surface area (Å²) in [6.45, 7) is 1.30. The molecule has 198 valence electrons. The summed E-state index contributed by atoms with van der Waals surface area (Å²) >= 11 is 0. The zero-order chi connectivity index (χ0) is 27.1. The van der Waals surface area contributed by atoms with Gasteiger partial charge in [0.15, 0.2) is 23.1 Å². The molecule has 1 fully saturated rings. The number of nitrogens with one attached hydrogen (secondary N) is 3. The predicted octanol–water partition coefficient (Wildman–Crippen LogP) is 3.77. The van der Waals surface area contributed by atoms with Gasteiger partial charge >= 0.3 is 0 Å². The molecule has 0 radical (unpaired) electrons. The lowest BCUT2D eigenvalue weighted by molar-refractivity contribution is -0.131. The molecule has 3 N–H and O–H groups in total. The first-order valence-electron chi connectivity index (χ1n) is 12.3. The highest BCUT2D eigenvalue weighted by atomic mass is 19.1. The summed E-state index contributed by atoms with van der Waals surface area (Å²) in [7, 11) is 1.61. The van der Waals surface area contributed by atoms with E-state index >= 15 is 4.39 Å². The molecule has 0 aromatic heterocycles. The van der Waals surface area contributed by atoms with Crippen molar-refractivity contribution in [3.8, 4) is 22.9 Å². The standard InChI is InChI=1S/C27H23F2N7O3/c1-30-26-32-14-15-12-21(23-31-10-11-36(23)22(15)35-26)39-20-7-6-18(13-19(20)29)34-25(38)27(8-9-27)24(37)33-17-4-2-16(28)3-5-17/h2-7,12-14,31H,8-11H2,1H3,(H,33,37)(H,34,38). The Bertz CT molecular complexity index is 1650. The van der Waals surface area contributed by atoms with Crippen LogP contribution in [-0.4, -0.2) is 39.9 Å². The van der Waals surface area contributed by atoms with Gasteiger partial charge in [0.1, 0.15) is 17.1 Å². The fourth-order valence-electron chi connectivity index (χ4n) is 4.51. The lowest BCUT2D eigenvalue weighted by Gasteiger charge is -2.18. The van der Waals surface area contributed by atoms with Crippen LogP contribution in [0.1, 0.15) is 12.8 Å². The number of pyridine rings is 1. The largest absolute Gasteiger partial charge is 0.450 e. The van der Waals surface area contributed by atoms with Crippen molar-refractivity contribution in [2.45, 2.75) is 19.4 Å². The van der Waals surface area contributed by atoms with Crippen molar-refractivity contribution in [3.63, 3.8) is 0 Å². The third-order valence-electron chi connectivity index (χ3n) is 6.79. The minimum absolute atomic E-state index is 0.0415. The van der Waals surface area contributed by atoms with E-state index in [1.807, 2.05) is 4.57 Å². The Labute approximate surface area is 221 Å². The van der Waals surface area contributed by atoms with Crippen LogP contribution in [0.3, 0.4) is 0 Å². The smallest absolute Gasteiger partial charge is 0.246 e. The zero-order valence-electron chi connectivity index (χ0n) is 20.8. The highest BCUT2D eigenvalue weighted by Gasteiger charge is 2.56. The van der Waals surface area contributed by atoms with E-state index < -0.39 is 28.9 Å². The summed E-state index contributed by atoms with van der Waals surface area (Å²) in [5.74, 6) is -0.460. The van der Waals surface area contributed by atoms with Gasteiger partial charge < -0.3 is 25.3 Å². The molecule has 3 heterocycles. The van der Waals surface area contributed by atoms with Gasteiger partial charge in [0, 0.05) is 49.3 Å². The first kappa shape index (κ1) is 24.5. The van der Waals surface area contributed by atoms with Gasteiger partial charge in [-0.3, -0.25) is 14.6 Å². The molecule has 0 bridgehead atoms. The normalized spacial score (nSPS) is 15.4. The molecule has 0 unspecified atom stereocenters. The second-order valence-corrected chi connectivity index (χ2v) is 9.35. The maximum Gasteiger partial charge on any atom is 0.246 e. The molecule has 2 aromatic rings. The number of halogens is 2. The predicted molar refractivity (Wildman–Crippen MR) is 138 cm³/mol. The number of anilines is 3. The lowest BCUT2D eigenvalue weighted by atomic mass is 10.0. The van der Waals surface area contributed by atoms with Gasteiger partial charge in [-0.2, -0.15) is 4.98 Å². The molecule has 1 saturated carbocycles. The number of rotatable bonds is 6. The number of carbonyl (C=O) groups is 2. The Hall–Kier alpha value is -4.87. The first-order valence-corrected chi connectivity index (χ1v) is 12.3. The van der Waals surface area contributed by atoms with Crippen molar-refractivity contribution in [1.29, 1.82) is 0 Å². The van der Waals surface area contributed by atoms with Crippen molar-refractivity contribution in [2.75, 3.05) is 29.5 Å². The van der Waals surface area contributed by atoms with E-state index in [9.17, 15) is 14.0 Å². The Morgan fingerprint density at radius 1 is 1.03 bits per heavy atom. The monoisotopic (exact) mass is 531 g/mol. The third kappa shape index (κ3) is 4.54. The van der Waals surface area contributed by atoms with Crippen LogP contribution in [-0.2, 0) is 16.1 Å². The molecule has 3 aliphatic heterocycles. The molecular weight excluding hydrogens is 508 g/mol. The number of benzene rings is 2. The van der Waals surface area contributed by atoms with E-state index in [1.54, 1.807) is 19.3 Å². The fraction of sp³-hybridized carbons (Fsp3) is 0.222. The average Bonchev–Trinajstić information content (AvgIpc) is 3.61. The molecule has 4 aliphatic rings. The highest BCUT2D eigenvalue weighted by molar-refractivity contribution is 6.16. The van der Waals surface area contributed by atoms with Gasteiger partial charge in [0.2, 0.25) is 17.4 Å². The van der Waals surface area contributed by atoms with Gasteiger partial charge in [-0.05, 0) is 55.3 Å². The van der Waals surface area contributed by atoms with E-state index in [0.29, 0.717) is 60.2 Å². The summed E-state index contributed by atoms with van der Waals surface area (Å²) in [5, 5.41) is 8.52. The van der Waals surface area contributed by atoms with Gasteiger partial charge in [-0.15, -0.1) is 0 Å². The Balaban J connectivity index is 1.19. The van der Waals surface area contributed by atoms with Crippen molar-refractivity contribution in [1.82, 2.24) is 14.5 Å². The number of fused-ring (bicyclic) bond motifs is 3. The second kappa shape index (κ2) is 9.46. The minimum Gasteiger partial charge on any atom is -0.450 e. The molecule has 1 aliphatic carbocycles. The molecule has 2 amide bonds. The lowest BCUT2D eigenvalue weighted by Crippen LogP contribution is -2.35. The van der Waals surface area contributed by atoms with Crippen LogP contribution < -0.4 is 26.3 Å². The maximum atomic E-state index is 15.1. The number of aromatic nitrogens is 3. The molecule has 2 aromatic carbocycles. The highest BCUT2D eigenvalue weighted by Crippen LogP contribution is 2.47. The van der Waals surface area contributed by atoms with Gasteiger partial charge in [-0.25, -0.2) is 13.8 Å². The molecule has 0 saturated heterocycles. The topological polar surface area (TPSA) is 123 Å². The number of nitrogens with zero attached hydrogens (tertiary/aromatic N) is 4. The van der Waals surface area contributed by atoms with E-state index in [4.69, 9.17) is 4.74 Å². The van der Waals surface area contributed by atoms with Gasteiger partial charge in [-0.1, -0.05) is 0 Å². The third-order valence-corrected chi connectivity index (χ3v) is 6.79. The van der Waals surface area contributed by atoms with Crippen LogP contribution in [0, 0.1) is 17.0 Å².